The van der Waals surface area contributed by atoms with Gasteiger partial charge in [-0.1, -0.05) is 12.8 Å². The Labute approximate surface area is 113 Å². The molecule has 0 radical (unpaired) electrons. The van der Waals surface area contributed by atoms with Gasteiger partial charge in [0.25, 0.3) is 0 Å². The first-order chi connectivity index (χ1) is 7.72. The van der Waals surface area contributed by atoms with Gasteiger partial charge < -0.3 is 5.32 Å². The Morgan fingerprint density at radius 3 is 2.62 bits per heavy atom. The van der Waals surface area contributed by atoms with E-state index in [0.29, 0.717) is 6.04 Å². The smallest absolute Gasteiger partial charge is 0.0718 e. The highest BCUT2D eigenvalue weighted by Gasteiger charge is 2.27. The van der Waals surface area contributed by atoms with Crippen molar-refractivity contribution in [2.45, 2.75) is 31.7 Å². The molecule has 1 aliphatic rings. The van der Waals surface area contributed by atoms with Gasteiger partial charge in [-0.05, 0) is 63.7 Å². The van der Waals surface area contributed by atoms with Crippen molar-refractivity contribution >= 4 is 31.9 Å². The van der Waals surface area contributed by atoms with E-state index >= 15 is 0 Å². The third-order valence-electron chi connectivity index (χ3n) is 3.31. The molecule has 0 amide bonds. The van der Waals surface area contributed by atoms with E-state index in [1.807, 2.05) is 13.2 Å². The maximum absolute atomic E-state index is 4.54. The van der Waals surface area contributed by atoms with E-state index in [2.05, 4.69) is 48.2 Å². The van der Waals surface area contributed by atoms with E-state index in [9.17, 15) is 0 Å². The molecule has 1 N–H and O–H groups in total. The normalized spacial score (nSPS) is 18.9. The first-order valence-corrected chi connectivity index (χ1v) is 7.29. The summed E-state index contributed by atoms with van der Waals surface area (Å²) in [7, 11) is 2.03. The van der Waals surface area contributed by atoms with Crippen LogP contribution in [-0.2, 0) is 0 Å². The molecule has 4 heteroatoms. The van der Waals surface area contributed by atoms with Crippen molar-refractivity contribution < 1.29 is 0 Å². The fourth-order valence-electron chi connectivity index (χ4n) is 2.54. The molecule has 16 heavy (non-hydrogen) atoms. The van der Waals surface area contributed by atoms with Gasteiger partial charge in [0.15, 0.2) is 0 Å². The Balaban J connectivity index is 2.25. The van der Waals surface area contributed by atoms with Crippen molar-refractivity contribution in [3.8, 4) is 0 Å². The van der Waals surface area contributed by atoms with Crippen LogP contribution in [0.4, 0.5) is 0 Å². The predicted molar refractivity (Wildman–Crippen MR) is 73.4 cm³/mol. The first-order valence-electron chi connectivity index (χ1n) is 5.70. The fraction of sp³-hybridized carbons (Fsp3) is 0.583. The van der Waals surface area contributed by atoms with E-state index in [1.54, 1.807) is 0 Å². The summed E-state index contributed by atoms with van der Waals surface area (Å²) in [4.78, 5) is 4.54. The Morgan fingerprint density at radius 2 is 2.06 bits per heavy atom. The zero-order valence-corrected chi connectivity index (χ0v) is 12.5. The molecule has 1 heterocycles. The highest BCUT2D eigenvalue weighted by molar-refractivity contribution is 9.11. The number of halogens is 2. The van der Waals surface area contributed by atoms with Gasteiger partial charge >= 0.3 is 0 Å². The molecule has 88 valence electrons. The molecule has 1 saturated carbocycles. The van der Waals surface area contributed by atoms with Gasteiger partial charge in [0.05, 0.1) is 11.7 Å². The molecule has 1 unspecified atom stereocenters. The molecule has 0 aromatic carbocycles. The molecular formula is C12H16Br2N2. The van der Waals surface area contributed by atoms with Crippen molar-refractivity contribution in [1.82, 2.24) is 10.3 Å². The zero-order chi connectivity index (χ0) is 11.5. The van der Waals surface area contributed by atoms with Gasteiger partial charge in [-0.25, -0.2) is 0 Å². The summed E-state index contributed by atoms with van der Waals surface area (Å²) in [5.74, 6) is 0.731. The number of pyridine rings is 1. The topological polar surface area (TPSA) is 24.9 Å². The summed E-state index contributed by atoms with van der Waals surface area (Å²) in [6, 6.07) is 2.45. The Bertz CT molecular complexity index is 362. The van der Waals surface area contributed by atoms with Crippen LogP contribution in [0.1, 0.15) is 37.4 Å². The average Bonchev–Trinajstić information content (AvgIpc) is 2.75. The van der Waals surface area contributed by atoms with Crippen molar-refractivity contribution in [2.75, 3.05) is 7.05 Å². The van der Waals surface area contributed by atoms with Gasteiger partial charge in [-0.15, -0.1) is 0 Å². The summed E-state index contributed by atoms with van der Waals surface area (Å²) in [6.07, 6.45) is 7.22. The number of aromatic nitrogens is 1. The van der Waals surface area contributed by atoms with Crippen LogP contribution in [0.25, 0.3) is 0 Å². The van der Waals surface area contributed by atoms with E-state index in [0.717, 1.165) is 20.6 Å². The lowest BCUT2D eigenvalue weighted by Crippen LogP contribution is -2.25. The number of hydrogen-bond acceptors (Lipinski definition) is 2. The van der Waals surface area contributed by atoms with E-state index in [4.69, 9.17) is 0 Å². The monoisotopic (exact) mass is 346 g/mol. The zero-order valence-electron chi connectivity index (χ0n) is 9.34. The lowest BCUT2D eigenvalue weighted by molar-refractivity contribution is 0.381. The van der Waals surface area contributed by atoms with Crippen LogP contribution in [0.3, 0.4) is 0 Å². The SMILES string of the molecule is CNC(c1ncc(Br)cc1Br)C1CCCC1. The molecule has 2 rings (SSSR count). The first kappa shape index (κ1) is 12.5. The van der Waals surface area contributed by atoms with Crippen LogP contribution in [0.15, 0.2) is 21.2 Å². The number of rotatable bonds is 3. The fourth-order valence-corrected chi connectivity index (χ4v) is 3.77. The van der Waals surface area contributed by atoms with Crippen molar-refractivity contribution in [1.29, 1.82) is 0 Å². The number of hydrogen-bond donors (Lipinski definition) is 1. The summed E-state index contributed by atoms with van der Waals surface area (Å²) in [5.41, 5.74) is 1.14. The Hall–Kier alpha value is 0.0700. The molecule has 1 atom stereocenters. The van der Waals surface area contributed by atoms with Gasteiger partial charge in [0, 0.05) is 15.1 Å². The second-order valence-electron chi connectivity index (χ2n) is 4.33. The molecule has 0 bridgehead atoms. The minimum atomic E-state index is 0.380. The van der Waals surface area contributed by atoms with Crippen LogP contribution in [0, 0.1) is 5.92 Å². The quantitative estimate of drug-likeness (QED) is 0.891. The van der Waals surface area contributed by atoms with Crippen LogP contribution in [-0.4, -0.2) is 12.0 Å². The summed E-state index contributed by atoms with van der Waals surface area (Å²) >= 11 is 7.04. The Kier molecular flexibility index (Phi) is 4.39. The van der Waals surface area contributed by atoms with Crippen molar-refractivity contribution in [3.05, 3.63) is 26.9 Å². The van der Waals surface area contributed by atoms with Crippen LogP contribution < -0.4 is 5.32 Å². The molecule has 1 aromatic heterocycles. The van der Waals surface area contributed by atoms with Gasteiger partial charge in [-0.3, -0.25) is 4.98 Å². The molecule has 1 aromatic rings. The van der Waals surface area contributed by atoms with Crippen LogP contribution in [0.5, 0.6) is 0 Å². The maximum atomic E-state index is 4.54. The van der Waals surface area contributed by atoms with Crippen LogP contribution >= 0.6 is 31.9 Å². The molecule has 0 aliphatic heterocycles. The van der Waals surface area contributed by atoms with Crippen molar-refractivity contribution in [2.24, 2.45) is 5.92 Å². The van der Waals surface area contributed by atoms with E-state index in [1.165, 1.54) is 25.7 Å². The highest BCUT2D eigenvalue weighted by Crippen LogP contribution is 2.37. The van der Waals surface area contributed by atoms with E-state index in [-0.39, 0.29) is 0 Å². The summed E-state index contributed by atoms with van der Waals surface area (Å²) in [5, 5.41) is 3.41. The molecule has 1 fully saturated rings. The Morgan fingerprint density at radius 1 is 1.38 bits per heavy atom. The van der Waals surface area contributed by atoms with E-state index < -0.39 is 0 Å². The molecule has 2 nitrogen and oxygen atoms in total. The lowest BCUT2D eigenvalue weighted by atomic mass is 9.95. The average molecular weight is 348 g/mol. The third-order valence-corrected chi connectivity index (χ3v) is 4.38. The minimum Gasteiger partial charge on any atom is -0.311 e. The van der Waals surface area contributed by atoms with Crippen LogP contribution in [0.2, 0.25) is 0 Å². The van der Waals surface area contributed by atoms with Gasteiger partial charge in [-0.2, -0.15) is 0 Å². The lowest BCUT2D eigenvalue weighted by Gasteiger charge is -2.23. The standard InChI is InChI=1S/C12H16Br2N2/c1-15-11(8-4-2-3-5-8)12-10(14)6-9(13)7-16-12/h6-8,11,15H,2-5H2,1H3. The molecular weight excluding hydrogens is 332 g/mol. The summed E-state index contributed by atoms with van der Waals surface area (Å²) in [6.45, 7) is 0. The summed E-state index contributed by atoms with van der Waals surface area (Å²) < 4.78 is 2.11. The molecule has 0 spiro atoms. The van der Waals surface area contributed by atoms with Gasteiger partial charge in [0.1, 0.15) is 0 Å². The number of nitrogens with one attached hydrogen (secondary N) is 1. The second-order valence-corrected chi connectivity index (χ2v) is 6.10. The minimum absolute atomic E-state index is 0.380. The third kappa shape index (κ3) is 2.66. The second kappa shape index (κ2) is 5.61. The molecule has 0 saturated heterocycles. The highest BCUT2D eigenvalue weighted by atomic mass is 79.9. The number of nitrogens with zero attached hydrogens (tertiary/aromatic N) is 1. The van der Waals surface area contributed by atoms with Crippen molar-refractivity contribution in [3.63, 3.8) is 0 Å². The maximum Gasteiger partial charge on any atom is 0.0718 e. The van der Waals surface area contributed by atoms with Gasteiger partial charge in [0.2, 0.25) is 0 Å². The molecule has 1 aliphatic carbocycles. The largest absolute Gasteiger partial charge is 0.311 e. The predicted octanol–water partition coefficient (Wildman–Crippen LogP) is 4.06.